The number of hydrogen-bond donors (Lipinski definition) is 1. The molecule has 36 heavy (non-hydrogen) atoms. The lowest BCUT2D eigenvalue weighted by Gasteiger charge is -2.29. The topological polar surface area (TPSA) is 35.8 Å². The van der Waals surface area contributed by atoms with E-state index in [1.54, 1.807) is 5.01 Å². The van der Waals surface area contributed by atoms with E-state index < -0.39 is 11.9 Å². The predicted molar refractivity (Wildman–Crippen MR) is 137 cm³/mol. The van der Waals surface area contributed by atoms with Crippen LogP contribution in [-0.4, -0.2) is 23.0 Å². The maximum atomic E-state index is 13.5. The van der Waals surface area contributed by atoms with E-state index in [2.05, 4.69) is 29.4 Å². The van der Waals surface area contributed by atoms with E-state index in [1.165, 1.54) is 39.0 Å². The highest BCUT2D eigenvalue weighted by Crippen LogP contribution is 2.42. The molecule has 0 spiro atoms. The van der Waals surface area contributed by atoms with Crippen molar-refractivity contribution >= 4 is 17.5 Å². The summed E-state index contributed by atoms with van der Waals surface area (Å²) in [5.41, 5.74) is 9.76. The average Bonchev–Trinajstić information content (AvgIpc) is 3.32. The number of fused-ring (bicyclic) bond motifs is 5. The van der Waals surface area contributed by atoms with Crippen LogP contribution >= 0.6 is 0 Å². The van der Waals surface area contributed by atoms with Crippen molar-refractivity contribution < 1.29 is 18.3 Å². The molecule has 0 amide bonds. The number of hydrazone groups is 1. The Balaban J connectivity index is 1.30. The lowest BCUT2D eigenvalue weighted by molar-refractivity contribution is -0.0600. The second-order valence-electron chi connectivity index (χ2n) is 9.85. The number of benzene rings is 3. The third-order valence-electron chi connectivity index (χ3n) is 7.73. The Hall–Kier alpha value is -3.38. The van der Waals surface area contributed by atoms with E-state index in [0.717, 1.165) is 31.2 Å². The lowest BCUT2D eigenvalue weighted by atomic mass is 9.77. The van der Waals surface area contributed by atoms with Gasteiger partial charge in [0.05, 0.1) is 18.3 Å². The van der Waals surface area contributed by atoms with Gasteiger partial charge in [-0.3, -0.25) is 5.01 Å². The van der Waals surface area contributed by atoms with Crippen molar-refractivity contribution in [3.8, 4) is 11.1 Å². The minimum atomic E-state index is -4.42. The summed E-state index contributed by atoms with van der Waals surface area (Å²) in [5, 5.41) is 15.3. The van der Waals surface area contributed by atoms with Gasteiger partial charge in [0.1, 0.15) is 5.71 Å². The smallest absolute Gasteiger partial charge is 0.392 e. The first kappa shape index (κ1) is 23.0. The Kier molecular flexibility index (Phi) is 5.72. The number of anilines is 1. The molecule has 1 atom stereocenters. The Morgan fingerprint density at radius 1 is 0.833 bits per heavy atom. The summed E-state index contributed by atoms with van der Waals surface area (Å²) in [6, 6.07) is 19.2. The molecule has 3 aliphatic rings. The number of halogens is 3. The lowest BCUT2D eigenvalue weighted by Crippen LogP contribution is -2.28. The number of alkyl halides is 3. The Morgan fingerprint density at radius 3 is 2.36 bits per heavy atom. The molecule has 2 aliphatic carbocycles. The van der Waals surface area contributed by atoms with Gasteiger partial charge in [-0.1, -0.05) is 60.2 Å². The van der Waals surface area contributed by atoms with Crippen LogP contribution in [0.15, 0.2) is 71.3 Å². The number of hydrogen-bond acceptors (Lipinski definition) is 3. The van der Waals surface area contributed by atoms with Crippen LogP contribution in [0, 0.1) is 0 Å². The molecule has 0 aromatic heterocycles. The van der Waals surface area contributed by atoms with Gasteiger partial charge in [0.2, 0.25) is 0 Å². The SMILES string of the molecule is OCc1cccc2c1CCc1c-2ccc2c1CCC(CC1CC(C(F)(F)F)=NN1c1ccccc1)=C2. The van der Waals surface area contributed by atoms with Crippen LogP contribution in [0.4, 0.5) is 18.9 Å². The van der Waals surface area contributed by atoms with Gasteiger partial charge in [-0.15, -0.1) is 0 Å². The quantitative estimate of drug-likeness (QED) is 0.435. The number of rotatable bonds is 4. The molecule has 0 saturated heterocycles. The highest BCUT2D eigenvalue weighted by molar-refractivity contribution is 5.93. The van der Waals surface area contributed by atoms with Crippen LogP contribution in [0.3, 0.4) is 0 Å². The zero-order chi connectivity index (χ0) is 24.9. The van der Waals surface area contributed by atoms with Gasteiger partial charge in [-0.2, -0.15) is 18.3 Å². The molecule has 1 N–H and O–H groups in total. The van der Waals surface area contributed by atoms with Crippen molar-refractivity contribution in [2.45, 2.75) is 57.3 Å². The fourth-order valence-corrected chi connectivity index (χ4v) is 6.04. The van der Waals surface area contributed by atoms with Gasteiger partial charge >= 0.3 is 6.18 Å². The van der Waals surface area contributed by atoms with Gasteiger partial charge in [0, 0.05) is 6.42 Å². The summed E-state index contributed by atoms with van der Waals surface area (Å²) >= 11 is 0. The number of aliphatic hydroxyl groups excluding tert-OH is 1. The third kappa shape index (κ3) is 4.03. The van der Waals surface area contributed by atoms with Gasteiger partial charge in [-0.05, 0) is 83.2 Å². The maximum absolute atomic E-state index is 13.5. The fourth-order valence-electron chi connectivity index (χ4n) is 6.04. The summed E-state index contributed by atoms with van der Waals surface area (Å²) in [7, 11) is 0. The molecule has 3 aromatic rings. The maximum Gasteiger partial charge on any atom is 0.431 e. The second-order valence-corrected chi connectivity index (χ2v) is 9.85. The molecular formula is C30H27F3N2O. The molecule has 0 fully saturated rings. The molecule has 3 aromatic carbocycles. The fraction of sp³-hybridized carbons (Fsp3) is 0.300. The molecule has 1 heterocycles. The first-order valence-electron chi connectivity index (χ1n) is 12.5. The molecule has 0 radical (unpaired) electrons. The van der Waals surface area contributed by atoms with Crippen molar-refractivity contribution in [2.75, 3.05) is 5.01 Å². The molecule has 1 aliphatic heterocycles. The first-order chi connectivity index (χ1) is 17.4. The molecule has 0 saturated carbocycles. The number of para-hydroxylation sites is 1. The van der Waals surface area contributed by atoms with Crippen molar-refractivity contribution in [1.82, 2.24) is 0 Å². The highest BCUT2D eigenvalue weighted by Gasteiger charge is 2.43. The Labute approximate surface area is 208 Å². The first-order valence-corrected chi connectivity index (χ1v) is 12.5. The van der Waals surface area contributed by atoms with E-state index in [0.29, 0.717) is 12.1 Å². The monoisotopic (exact) mass is 488 g/mol. The largest absolute Gasteiger partial charge is 0.431 e. The van der Waals surface area contributed by atoms with Crippen molar-refractivity contribution in [1.29, 1.82) is 0 Å². The van der Waals surface area contributed by atoms with Crippen molar-refractivity contribution in [3.05, 3.63) is 94.1 Å². The zero-order valence-corrected chi connectivity index (χ0v) is 19.9. The molecule has 6 rings (SSSR count). The normalized spacial score (nSPS) is 18.8. The van der Waals surface area contributed by atoms with Crippen molar-refractivity contribution in [2.24, 2.45) is 5.10 Å². The summed E-state index contributed by atoms with van der Waals surface area (Å²) < 4.78 is 40.6. The minimum Gasteiger partial charge on any atom is -0.392 e. The predicted octanol–water partition coefficient (Wildman–Crippen LogP) is 6.86. The van der Waals surface area contributed by atoms with Crippen molar-refractivity contribution in [3.63, 3.8) is 0 Å². The zero-order valence-electron chi connectivity index (χ0n) is 19.9. The van der Waals surface area contributed by atoms with Crippen LogP contribution in [0.2, 0.25) is 0 Å². The highest BCUT2D eigenvalue weighted by atomic mass is 19.4. The van der Waals surface area contributed by atoms with Crippen LogP contribution in [0.25, 0.3) is 17.2 Å². The summed E-state index contributed by atoms with van der Waals surface area (Å²) in [4.78, 5) is 0. The standard InChI is InChI=1S/C30H27F3N2O/c31-30(32,33)29-17-23(35(34-29)22-6-2-1-3-7-22)16-19-9-11-24-20(15-19)10-12-28-26-8-4-5-21(18-36)25(26)13-14-27(24)28/h1-8,10,12,15,23,36H,9,11,13-14,16-18H2. The van der Waals surface area contributed by atoms with E-state index in [-0.39, 0.29) is 19.1 Å². The van der Waals surface area contributed by atoms with Crippen LogP contribution in [0.1, 0.15) is 47.1 Å². The van der Waals surface area contributed by atoms with Gasteiger partial charge in [0.25, 0.3) is 0 Å². The summed E-state index contributed by atoms with van der Waals surface area (Å²) in [5.74, 6) is 0. The van der Waals surface area contributed by atoms with Gasteiger partial charge < -0.3 is 5.11 Å². The van der Waals surface area contributed by atoms with E-state index in [4.69, 9.17) is 0 Å². The number of nitrogens with zero attached hydrogens (tertiary/aromatic N) is 2. The molecule has 184 valence electrons. The second kappa shape index (κ2) is 8.93. The third-order valence-corrected chi connectivity index (χ3v) is 7.73. The average molecular weight is 489 g/mol. The van der Waals surface area contributed by atoms with Crippen LogP contribution in [0.5, 0.6) is 0 Å². The minimum absolute atomic E-state index is 0.0521. The van der Waals surface area contributed by atoms with Gasteiger partial charge in [-0.25, -0.2) is 0 Å². The van der Waals surface area contributed by atoms with E-state index in [1.807, 2.05) is 42.5 Å². The molecular weight excluding hydrogens is 461 g/mol. The van der Waals surface area contributed by atoms with E-state index in [9.17, 15) is 18.3 Å². The molecule has 1 unspecified atom stereocenters. The van der Waals surface area contributed by atoms with E-state index >= 15 is 0 Å². The van der Waals surface area contributed by atoms with Crippen LogP contribution < -0.4 is 5.01 Å². The molecule has 6 heteroatoms. The van der Waals surface area contributed by atoms with Crippen LogP contribution in [-0.2, 0) is 25.9 Å². The van der Waals surface area contributed by atoms with Gasteiger partial charge in [0.15, 0.2) is 0 Å². The molecule has 3 nitrogen and oxygen atoms in total. The Bertz CT molecular complexity index is 1370. The summed E-state index contributed by atoms with van der Waals surface area (Å²) in [6.07, 6.45) is 1.82. The Morgan fingerprint density at radius 2 is 1.58 bits per heavy atom. The molecule has 0 bridgehead atoms. The number of aliphatic hydroxyl groups is 1. The summed E-state index contributed by atoms with van der Waals surface area (Å²) in [6.45, 7) is 0.0521.